The van der Waals surface area contributed by atoms with Gasteiger partial charge >= 0.3 is 0 Å². The number of rotatable bonds is 5. The number of likely N-dealkylation sites (tertiary alicyclic amines) is 1. The molecule has 3 aliphatic rings. The molecule has 0 bridgehead atoms. The summed E-state index contributed by atoms with van der Waals surface area (Å²) in [6.45, 7) is 5.94. The molecule has 0 aromatic carbocycles. The molecule has 1 saturated carbocycles. The minimum atomic E-state index is -0.763. The van der Waals surface area contributed by atoms with Crippen molar-refractivity contribution in [3.05, 3.63) is 0 Å². The van der Waals surface area contributed by atoms with Crippen LogP contribution in [0.5, 0.6) is 0 Å². The maximum atomic E-state index is 12.6. The van der Waals surface area contributed by atoms with Crippen LogP contribution in [-0.2, 0) is 9.53 Å². The first-order valence-electron chi connectivity index (χ1n) is 10.2. The standard InChI is InChI=1S/C19H34N4O3/c1-2-20-18(21-14-19(25)8-11-26-12-9-19)22-16-7-10-23(13-16)17(24)15-5-3-4-6-15/h15-16,25H,2-14H2,1H3,(H2,20,21,22). The maximum Gasteiger partial charge on any atom is 0.225 e. The average molecular weight is 367 g/mol. The van der Waals surface area contributed by atoms with E-state index >= 15 is 0 Å². The first kappa shape index (κ1) is 19.4. The van der Waals surface area contributed by atoms with E-state index in [-0.39, 0.29) is 12.0 Å². The number of carbonyl (C=O) groups excluding carboxylic acids is 1. The fourth-order valence-electron chi connectivity index (χ4n) is 4.16. The molecule has 3 rings (SSSR count). The van der Waals surface area contributed by atoms with Crippen LogP contribution in [0.4, 0.5) is 0 Å². The zero-order valence-corrected chi connectivity index (χ0v) is 16.0. The number of guanidine groups is 1. The van der Waals surface area contributed by atoms with E-state index in [0.29, 0.717) is 38.5 Å². The fourth-order valence-corrected chi connectivity index (χ4v) is 4.16. The monoisotopic (exact) mass is 366 g/mol. The Kier molecular flexibility index (Phi) is 6.75. The van der Waals surface area contributed by atoms with Crippen molar-refractivity contribution in [3.63, 3.8) is 0 Å². The van der Waals surface area contributed by atoms with Crippen LogP contribution < -0.4 is 10.6 Å². The Labute approximate surface area is 156 Å². The second-order valence-electron chi connectivity index (χ2n) is 7.93. The van der Waals surface area contributed by atoms with Gasteiger partial charge in [-0.25, -0.2) is 0 Å². The topological polar surface area (TPSA) is 86.2 Å². The van der Waals surface area contributed by atoms with E-state index in [0.717, 1.165) is 44.9 Å². The molecule has 0 radical (unpaired) electrons. The predicted octanol–water partition coefficient (Wildman–Crippen LogP) is 0.874. The van der Waals surface area contributed by atoms with Gasteiger partial charge in [0.05, 0.1) is 12.1 Å². The molecule has 2 heterocycles. The third-order valence-corrected chi connectivity index (χ3v) is 5.84. The number of nitrogens with zero attached hydrogens (tertiary/aromatic N) is 2. The highest BCUT2D eigenvalue weighted by Crippen LogP contribution is 2.28. The molecule has 1 aliphatic carbocycles. The van der Waals surface area contributed by atoms with E-state index in [9.17, 15) is 9.90 Å². The van der Waals surface area contributed by atoms with Gasteiger partial charge in [0.25, 0.3) is 0 Å². The van der Waals surface area contributed by atoms with Gasteiger partial charge in [0, 0.05) is 57.6 Å². The molecule has 7 nitrogen and oxygen atoms in total. The van der Waals surface area contributed by atoms with Gasteiger partial charge in [0.2, 0.25) is 5.91 Å². The Bertz CT molecular complexity index is 499. The van der Waals surface area contributed by atoms with Crippen molar-refractivity contribution in [2.24, 2.45) is 10.9 Å². The van der Waals surface area contributed by atoms with E-state index in [4.69, 9.17) is 4.74 Å². The van der Waals surface area contributed by atoms with E-state index in [1.165, 1.54) is 12.8 Å². The number of aliphatic imine (C=N–C) groups is 1. The molecule has 0 spiro atoms. The maximum absolute atomic E-state index is 12.6. The second-order valence-corrected chi connectivity index (χ2v) is 7.93. The molecule has 0 aromatic rings. The van der Waals surface area contributed by atoms with Crippen molar-refractivity contribution in [2.75, 3.05) is 39.4 Å². The Hall–Kier alpha value is -1.34. The Morgan fingerprint density at radius 1 is 1.27 bits per heavy atom. The van der Waals surface area contributed by atoms with E-state index < -0.39 is 5.60 Å². The Morgan fingerprint density at radius 2 is 2.00 bits per heavy atom. The highest BCUT2D eigenvalue weighted by molar-refractivity contribution is 5.81. The molecule has 148 valence electrons. The van der Waals surface area contributed by atoms with Crippen LogP contribution >= 0.6 is 0 Å². The molecular formula is C19H34N4O3. The number of aliphatic hydroxyl groups is 1. The van der Waals surface area contributed by atoms with Gasteiger partial charge in [0.15, 0.2) is 5.96 Å². The zero-order valence-electron chi connectivity index (χ0n) is 16.0. The smallest absolute Gasteiger partial charge is 0.225 e. The van der Waals surface area contributed by atoms with Crippen LogP contribution in [-0.4, -0.2) is 72.9 Å². The number of carbonyl (C=O) groups is 1. The molecule has 0 aromatic heterocycles. The molecule has 3 N–H and O–H groups in total. The van der Waals surface area contributed by atoms with E-state index in [1.54, 1.807) is 0 Å². The summed E-state index contributed by atoms with van der Waals surface area (Å²) < 4.78 is 5.33. The number of ether oxygens (including phenoxy) is 1. The van der Waals surface area contributed by atoms with Crippen molar-refractivity contribution in [3.8, 4) is 0 Å². The van der Waals surface area contributed by atoms with Gasteiger partial charge in [-0.05, 0) is 26.2 Å². The summed E-state index contributed by atoms with van der Waals surface area (Å²) in [5, 5.41) is 17.3. The van der Waals surface area contributed by atoms with Gasteiger partial charge < -0.3 is 25.4 Å². The van der Waals surface area contributed by atoms with E-state index in [2.05, 4.69) is 15.6 Å². The summed E-state index contributed by atoms with van der Waals surface area (Å²) in [6.07, 6.45) is 6.70. The lowest BCUT2D eigenvalue weighted by atomic mass is 9.95. The lowest BCUT2D eigenvalue weighted by Gasteiger charge is -2.30. The summed E-state index contributed by atoms with van der Waals surface area (Å²) in [5.41, 5.74) is -0.763. The Balaban J connectivity index is 1.51. The third kappa shape index (κ3) is 5.10. The van der Waals surface area contributed by atoms with Crippen LogP contribution in [0.25, 0.3) is 0 Å². The molecule has 1 amide bonds. The summed E-state index contributed by atoms with van der Waals surface area (Å²) in [5.74, 6) is 1.32. The lowest BCUT2D eigenvalue weighted by Crippen LogP contribution is -2.47. The first-order valence-corrected chi connectivity index (χ1v) is 10.2. The summed E-state index contributed by atoms with van der Waals surface area (Å²) in [4.78, 5) is 19.2. The first-order chi connectivity index (χ1) is 12.6. The molecule has 2 saturated heterocycles. The summed E-state index contributed by atoms with van der Waals surface area (Å²) >= 11 is 0. The quantitative estimate of drug-likeness (QED) is 0.497. The van der Waals surface area contributed by atoms with E-state index in [1.807, 2.05) is 11.8 Å². The molecule has 3 fully saturated rings. The van der Waals surface area contributed by atoms with Gasteiger partial charge in [-0.1, -0.05) is 12.8 Å². The van der Waals surface area contributed by atoms with Crippen molar-refractivity contribution >= 4 is 11.9 Å². The van der Waals surface area contributed by atoms with Gasteiger partial charge in [-0.15, -0.1) is 0 Å². The normalized spacial score (nSPS) is 26.9. The number of nitrogens with one attached hydrogen (secondary N) is 2. The van der Waals surface area contributed by atoms with Crippen LogP contribution in [0.2, 0.25) is 0 Å². The largest absolute Gasteiger partial charge is 0.388 e. The van der Waals surface area contributed by atoms with Gasteiger partial charge in [-0.2, -0.15) is 0 Å². The van der Waals surface area contributed by atoms with Gasteiger partial charge in [0.1, 0.15) is 0 Å². The molecule has 1 atom stereocenters. The lowest BCUT2D eigenvalue weighted by molar-refractivity contribution is -0.134. The van der Waals surface area contributed by atoms with Crippen LogP contribution in [0, 0.1) is 5.92 Å². The van der Waals surface area contributed by atoms with Crippen LogP contribution in [0.15, 0.2) is 4.99 Å². The van der Waals surface area contributed by atoms with Gasteiger partial charge in [-0.3, -0.25) is 9.79 Å². The molecular weight excluding hydrogens is 332 g/mol. The number of hydrogen-bond donors (Lipinski definition) is 3. The molecule has 26 heavy (non-hydrogen) atoms. The van der Waals surface area contributed by atoms with Crippen LogP contribution in [0.3, 0.4) is 0 Å². The fraction of sp³-hybridized carbons (Fsp3) is 0.895. The summed E-state index contributed by atoms with van der Waals surface area (Å²) in [7, 11) is 0. The minimum absolute atomic E-state index is 0.225. The third-order valence-electron chi connectivity index (χ3n) is 5.84. The highest BCUT2D eigenvalue weighted by Gasteiger charge is 2.33. The number of amides is 1. The van der Waals surface area contributed by atoms with Crippen molar-refractivity contribution < 1.29 is 14.6 Å². The highest BCUT2D eigenvalue weighted by atomic mass is 16.5. The number of hydrogen-bond acceptors (Lipinski definition) is 4. The summed E-state index contributed by atoms with van der Waals surface area (Å²) in [6, 6.07) is 0.225. The van der Waals surface area contributed by atoms with Crippen molar-refractivity contribution in [1.82, 2.24) is 15.5 Å². The van der Waals surface area contributed by atoms with Crippen molar-refractivity contribution in [1.29, 1.82) is 0 Å². The molecule has 1 unspecified atom stereocenters. The second kappa shape index (κ2) is 9.04. The predicted molar refractivity (Wildman–Crippen MR) is 101 cm³/mol. The average Bonchev–Trinajstić information content (AvgIpc) is 3.32. The van der Waals surface area contributed by atoms with Crippen LogP contribution in [0.1, 0.15) is 51.9 Å². The minimum Gasteiger partial charge on any atom is -0.388 e. The molecule has 7 heteroatoms. The Morgan fingerprint density at radius 3 is 2.69 bits per heavy atom. The zero-order chi connectivity index (χ0) is 18.4. The molecule has 2 aliphatic heterocycles. The van der Waals surface area contributed by atoms with Crippen molar-refractivity contribution in [2.45, 2.75) is 63.5 Å². The SMILES string of the molecule is CCNC(=NCC1(O)CCOCC1)NC1CCN(C(=O)C2CCCC2)C1.